The molecule has 0 heterocycles. The number of anilines is 1. The Kier molecular flexibility index (Phi) is 6.28. The van der Waals surface area contributed by atoms with Crippen LogP contribution in [0.25, 0.3) is 0 Å². The van der Waals surface area contributed by atoms with E-state index in [1.165, 1.54) is 12.1 Å². The molecule has 2 aromatic rings. The van der Waals surface area contributed by atoms with Gasteiger partial charge in [-0.25, -0.2) is 8.42 Å². The number of carbonyl (C=O) groups is 1. The molecule has 0 saturated heterocycles. The fraction of sp³-hybridized carbons (Fsp3) is 0.125. The summed E-state index contributed by atoms with van der Waals surface area (Å²) in [7, 11) is -2.62. The van der Waals surface area contributed by atoms with Crippen molar-refractivity contribution in [2.75, 3.05) is 11.9 Å². The van der Waals surface area contributed by atoms with Gasteiger partial charge in [-0.1, -0.05) is 12.1 Å². The first kappa shape index (κ1) is 17.9. The van der Waals surface area contributed by atoms with E-state index in [0.29, 0.717) is 23.6 Å². The van der Waals surface area contributed by atoms with Gasteiger partial charge in [-0.2, -0.15) is 0 Å². The molecule has 0 unspecified atom stereocenters. The van der Waals surface area contributed by atoms with Gasteiger partial charge in [0.05, 0.1) is 17.1 Å². The number of carbonyl (C=O) groups excluding carboxylic acids is 1. The number of rotatable bonds is 5. The summed E-state index contributed by atoms with van der Waals surface area (Å²) in [5.41, 5.74) is 0.946. The monoisotopic (exact) mass is 364 g/mol. The molecule has 8 heteroatoms. The zero-order valence-corrected chi connectivity index (χ0v) is 14.5. The Morgan fingerprint density at radius 3 is 2.42 bits per heavy atom. The van der Waals surface area contributed by atoms with Crippen molar-refractivity contribution in [3.05, 3.63) is 54.1 Å². The molecular weight excluding hydrogens is 348 g/mol. The predicted octanol–water partition coefficient (Wildman–Crippen LogP) is 2.18. The second kappa shape index (κ2) is 8.42. The highest BCUT2D eigenvalue weighted by Crippen LogP contribution is 2.17. The molecular formula is C16H16N2O4S2. The van der Waals surface area contributed by atoms with Crippen LogP contribution in [0.4, 0.5) is 5.69 Å². The van der Waals surface area contributed by atoms with Gasteiger partial charge in [0.15, 0.2) is 15.8 Å². The number of nitrogens with one attached hydrogen (secondary N) is 2. The van der Waals surface area contributed by atoms with E-state index in [4.69, 9.17) is 17.0 Å². The lowest BCUT2D eigenvalue weighted by molar-refractivity contribution is 0.0974. The molecule has 0 aromatic heterocycles. The Labute approximate surface area is 146 Å². The van der Waals surface area contributed by atoms with Crippen molar-refractivity contribution in [3.8, 4) is 5.75 Å². The molecule has 0 aliphatic heterocycles. The van der Waals surface area contributed by atoms with Crippen LogP contribution in [0.5, 0.6) is 5.75 Å². The zero-order chi connectivity index (χ0) is 17.5. The smallest absolute Gasteiger partial charge is 0.261 e. The number of hydrogen-bond acceptors (Lipinski definition) is 5. The van der Waals surface area contributed by atoms with Crippen LogP contribution in [0.3, 0.4) is 0 Å². The van der Waals surface area contributed by atoms with E-state index >= 15 is 0 Å². The molecule has 0 atom stereocenters. The molecule has 2 N–H and O–H groups in total. The fourth-order valence-corrected chi connectivity index (χ4v) is 2.54. The summed E-state index contributed by atoms with van der Waals surface area (Å²) in [6, 6.07) is 12.9. The van der Waals surface area contributed by atoms with Crippen molar-refractivity contribution in [1.82, 2.24) is 5.32 Å². The highest BCUT2D eigenvalue weighted by molar-refractivity contribution is 7.80. The summed E-state index contributed by atoms with van der Waals surface area (Å²) in [6.45, 7) is 2.28. The number of benzene rings is 2. The topological polar surface area (TPSA) is 84.5 Å². The van der Waals surface area contributed by atoms with Crippen LogP contribution in [0.15, 0.2) is 53.4 Å². The molecule has 1 amide bonds. The predicted molar refractivity (Wildman–Crippen MR) is 96.3 cm³/mol. The molecule has 0 aliphatic rings. The molecule has 0 bridgehead atoms. The summed E-state index contributed by atoms with van der Waals surface area (Å²) in [4.78, 5) is 12.5. The van der Waals surface area contributed by atoms with E-state index < -0.39 is 16.6 Å². The molecule has 0 spiro atoms. The maximum atomic E-state index is 12.3. The summed E-state index contributed by atoms with van der Waals surface area (Å²) >= 11 is 5.10. The van der Waals surface area contributed by atoms with Crippen molar-refractivity contribution in [2.24, 2.45) is 0 Å². The minimum absolute atomic E-state index is 0.102. The van der Waals surface area contributed by atoms with Crippen LogP contribution in [-0.4, -0.2) is 26.0 Å². The van der Waals surface area contributed by atoms with Crippen molar-refractivity contribution in [3.63, 3.8) is 0 Å². The highest BCUT2D eigenvalue weighted by Gasteiger charge is 2.13. The van der Waals surface area contributed by atoms with E-state index in [1.54, 1.807) is 36.4 Å². The Morgan fingerprint density at radius 1 is 1.12 bits per heavy atom. The van der Waals surface area contributed by atoms with Gasteiger partial charge < -0.3 is 10.1 Å². The standard InChI is InChI=1S/C16H16N2O4S2/c1-2-22-14-6-4-3-5-13(14)15(19)18-16(23)17-11-7-9-12(10-8-11)24(20)21/h3-10,24H,2H2,1H3,(H2,17,18,19,23). The van der Waals surface area contributed by atoms with E-state index in [-0.39, 0.29) is 10.0 Å². The van der Waals surface area contributed by atoms with Gasteiger partial charge in [0.2, 0.25) is 0 Å². The second-order valence-corrected chi connectivity index (χ2v) is 6.08. The number of hydrogen-bond donors (Lipinski definition) is 3. The van der Waals surface area contributed by atoms with Gasteiger partial charge in [0.1, 0.15) is 5.75 Å². The summed E-state index contributed by atoms with van der Waals surface area (Å²) in [6.07, 6.45) is 0. The first-order valence-corrected chi connectivity index (χ1v) is 8.68. The first-order chi connectivity index (χ1) is 11.5. The molecule has 2 rings (SSSR count). The Morgan fingerprint density at radius 2 is 1.79 bits per heavy atom. The molecule has 0 radical (unpaired) electrons. The number of ether oxygens (including phenoxy) is 1. The highest BCUT2D eigenvalue weighted by atomic mass is 32.2. The van der Waals surface area contributed by atoms with Crippen LogP contribution in [-0.2, 0) is 10.7 Å². The van der Waals surface area contributed by atoms with Crippen LogP contribution in [0, 0.1) is 0 Å². The van der Waals surface area contributed by atoms with E-state index in [0.717, 1.165) is 0 Å². The molecule has 126 valence electrons. The van der Waals surface area contributed by atoms with E-state index in [9.17, 15) is 13.2 Å². The van der Waals surface area contributed by atoms with E-state index in [1.807, 2.05) is 6.92 Å². The average molecular weight is 364 g/mol. The molecule has 24 heavy (non-hydrogen) atoms. The maximum absolute atomic E-state index is 12.3. The lowest BCUT2D eigenvalue weighted by Crippen LogP contribution is -2.34. The van der Waals surface area contributed by atoms with Crippen LogP contribution >= 0.6 is 12.2 Å². The van der Waals surface area contributed by atoms with Gasteiger partial charge >= 0.3 is 0 Å². The minimum atomic E-state index is -2.62. The zero-order valence-electron chi connectivity index (χ0n) is 12.8. The van der Waals surface area contributed by atoms with Crippen LogP contribution < -0.4 is 15.4 Å². The van der Waals surface area contributed by atoms with Crippen molar-refractivity contribution in [1.29, 1.82) is 0 Å². The van der Waals surface area contributed by atoms with Gasteiger partial charge in [-0.3, -0.25) is 10.1 Å². The average Bonchev–Trinajstić information content (AvgIpc) is 2.56. The summed E-state index contributed by atoms with van der Waals surface area (Å²) in [5, 5.41) is 5.49. The summed E-state index contributed by atoms with van der Waals surface area (Å²) < 4.78 is 27.1. The Hall–Kier alpha value is -2.45. The van der Waals surface area contributed by atoms with Gasteiger partial charge in [0.25, 0.3) is 5.91 Å². The maximum Gasteiger partial charge on any atom is 0.261 e. The van der Waals surface area contributed by atoms with E-state index in [2.05, 4.69) is 10.6 Å². The Bertz CT molecular complexity index is 809. The third-order valence-electron chi connectivity index (χ3n) is 2.99. The molecule has 0 saturated carbocycles. The SMILES string of the molecule is CCOc1ccccc1C(=O)NC(=S)Nc1ccc([SH](=O)=O)cc1. The van der Waals surface area contributed by atoms with Crippen molar-refractivity contribution < 1.29 is 17.9 Å². The molecule has 0 fully saturated rings. The number of thiol groups is 1. The fourth-order valence-electron chi connectivity index (χ4n) is 1.93. The van der Waals surface area contributed by atoms with Crippen LogP contribution in [0.1, 0.15) is 17.3 Å². The Balaban J connectivity index is 2.03. The lowest BCUT2D eigenvalue weighted by Gasteiger charge is -2.12. The van der Waals surface area contributed by atoms with Gasteiger partial charge in [-0.15, -0.1) is 0 Å². The minimum Gasteiger partial charge on any atom is -0.493 e. The summed E-state index contributed by atoms with van der Waals surface area (Å²) in [5.74, 6) is 0.0831. The molecule has 0 aliphatic carbocycles. The quantitative estimate of drug-likeness (QED) is 0.557. The number of para-hydroxylation sites is 1. The van der Waals surface area contributed by atoms with Crippen molar-refractivity contribution >= 4 is 39.6 Å². The van der Waals surface area contributed by atoms with Gasteiger partial charge in [0, 0.05) is 5.69 Å². The molecule has 6 nitrogen and oxygen atoms in total. The number of thiocarbonyl (C=S) groups is 1. The van der Waals surface area contributed by atoms with Crippen molar-refractivity contribution in [2.45, 2.75) is 11.8 Å². The molecule has 2 aromatic carbocycles. The second-order valence-electron chi connectivity index (χ2n) is 4.64. The first-order valence-electron chi connectivity index (χ1n) is 7.10. The largest absolute Gasteiger partial charge is 0.493 e. The number of amides is 1. The third kappa shape index (κ3) is 4.77. The third-order valence-corrected chi connectivity index (χ3v) is 3.92. The van der Waals surface area contributed by atoms with Gasteiger partial charge in [-0.05, 0) is 55.5 Å². The van der Waals surface area contributed by atoms with Crippen LogP contribution in [0.2, 0.25) is 0 Å². The normalized spacial score (nSPS) is 10.2. The lowest BCUT2D eigenvalue weighted by atomic mass is 10.2.